The molecular weight excluding hydrogens is 216 g/mol. The lowest BCUT2D eigenvalue weighted by Crippen LogP contribution is -2.37. The van der Waals surface area contributed by atoms with E-state index in [9.17, 15) is 4.79 Å². The molecule has 4 nitrogen and oxygen atoms in total. The lowest BCUT2D eigenvalue weighted by molar-refractivity contribution is -0.127. The van der Waals surface area contributed by atoms with Gasteiger partial charge in [-0.15, -0.1) is 0 Å². The summed E-state index contributed by atoms with van der Waals surface area (Å²) in [4.78, 5) is 18.5. The van der Waals surface area contributed by atoms with Crippen LogP contribution in [0.5, 0.6) is 0 Å². The summed E-state index contributed by atoms with van der Waals surface area (Å²) in [6.45, 7) is 3.45. The van der Waals surface area contributed by atoms with Crippen LogP contribution < -0.4 is 4.90 Å². The minimum Gasteiger partial charge on any atom is -0.368 e. The fourth-order valence-corrected chi connectivity index (χ4v) is 2.52. The summed E-state index contributed by atoms with van der Waals surface area (Å²) in [6, 6.07) is 2.04. The number of aryl methyl sites for hydroxylation is 1. The third kappa shape index (κ3) is 1.82. The van der Waals surface area contributed by atoms with Gasteiger partial charge in [0.05, 0.1) is 11.4 Å². The number of ether oxygens (including phenoxy) is 1. The smallest absolute Gasteiger partial charge is 0.256 e. The van der Waals surface area contributed by atoms with E-state index in [2.05, 4.69) is 4.98 Å². The second kappa shape index (κ2) is 4.11. The molecule has 2 aliphatic rings. The van der Waals surface area contributed by atoms with Crippen LogP contribution >= 0.6 is 0 Å². The molecule has 2 aliphatic heterocycles. The number of rotatable bonds is 1. The number of aromatic nitrogens is 1. The van der Waals surface area contributed by atoms with E-state index in [0.29, 0.717) is 6.61 Å². The first-order chi connectivity index (χ1) is 8.25. The number of carbonyl (C=O) groups excluding carboxylic acids is 1. The van der Waals surface area contributed by atoms with Crippen LogP contribution in [0.15, 0.2) is 12.3 Å². The Balaban J connectivity index is 1.87. The minimum atomic E-state index is -0.235. The predicted molar refractivity (Wildman–Crippen MR) is 64.0 cm³/mol. The number of anilines is 1. The average Bonchev–Trinajstić information content (AvgIpc) is 2.97. The van der Waals surface area contributed by atoms with Gasteiger partial charge in [-0.3, -0.25) is 9.78 Å². The standard InChI is InChI=1S/C13H16N2O2/c1-9-7-11-10(14-8-9)4-5-15(11)13(16)12-3-2-6-17-12/h7-8,12H,2-6H2,1H3/t12-/m1/s1. The normalized spacial score (nSPS) is 22.9. The van der Waals surface area contributed by atoms with Crippen LogP contribution in [0.25, 0.3) is 0 Å². The van der Waals surface area contributed by atoms with Crippen LogP contribution in [0, 0.1) is 6.92 Å². The van der Waals surface area contributed by atoms with Gasteiger partial charge in [0, 0.05) is 25.8 Å². The van der Waals surface area contributed by atoms with E-state index in [1.54, 1.807) is 0 Å². The van der Waals surface area contributed by atoms with Crippen LogP contribution in [0.4, 0.5) is 5.69 Å². The van der Waals surface area contributed by atoms with Crippen molar-refractivity contribution in [2.45, 2.75) is 32.3 Å². The highest BCUT2D eigenvalue weighted by atomic mass is 16.5. The molecule has 1 atom stereocenters. The van der Waals surface area contributed by atoms with E-state index in [1.165, 1.54) is 0 Å². The zero-order valence-electron chi connectivity index (χ0n) is 9.98. The number of hydrogen-bond donors (Lipinski definition) is 0. The van der Waals surface area contributed by atoms with Crippen LogP contribution in [0.2, 0.25) is 0 Å². The van der Waals surface area contributed by atoms with Gasteiger partial charge >= 0.3 is 0 Å². The molecule has 1 amide bonds. The highest BCUT2D eigenvalue weighted by Crippen LogP contribution is 2.29. The van der Waals surface area contributed by atoms with Gasteiger partial charge < -0.3 is 9.64 Å². The first kappa shape index (κ1) is 10.7. The maximum Gasteiger partial charge on any atom is 0.256 e. The largest absolute Gasteiger partial charge is 0.368 e. The molecule has 0 aliphatic carbocycles. The summed E-state index contributed by atoms with van der Waals surface area (Å²) in [6.07, 6.45) is 4.32. The quantitative estimate of drug-likeness (QED) is 0.736. The Morgan fingerprint density at radius 2 is 2.47 bits per heavy atom. The molecule has 0 aromatic carbocycles. The van der Waals surface area contributed by atoms with Gasteiger partial charge in [0.25, 0.3) is 5.91 Å². The third-order valence-corrected chi connectivity index (χ3v) is 3.42. The molecule has 3 rings (SSSR count). The molecule has 4 heteroatoms. The third-order valence-electron chi connectivity index (χ3n) is 3.42. The number of amides is 1. The van der Waals surface area contributed by atoms with Crippen molar-refractivity contribution in [3.05, 3.63) is 23.5 Å². The van der Waals surface area contributed by atoms with Crippen LogP contribution in [-0.4, -0.2) is 30.1 Å². The predicted octanol–water partition coefficient (Wildman–Crippen LogP) is 1.46. The number of pyridine rings is 1. The second-order valence-corrected chi connectivity index (χ2v) is 4.72. The molecule has 1 saturated heterocycles. The van der Waals surface area contributed by atoms with E-state index in [4.69, 9.17) is 4.74 Å². The Kier molecular flexibility index (Phi) is 2.59. The van der Waals surface area contributed by atoms with Crippen molar-refractivity contribution >= 4 is 11.6 Å². The molecule has 0 radical (unpaired) electrons. The van der Waals surface area contributed by atoms with Gasteiger partial charge in [0.1, 0.15) is 6.10 Å². The minimum absolute atomic E-state index is 0.105. The fraction of sp³-hybridized carbons (Fsp3) is 0.538. The van der Waals surface area contributed by atoms with E-state index < -0.39 is 0 Å². The zero-order chi connectivity index (χ0) is 11.8. The van der Waals surface area contributed by atoms with Gasteiger partial charge in [-0.25, -0.2) is 0 Å². The Morgan fingerprint density at radius 1 is 1.59 bits per heavy atom. The van der Waals surface area contributed by atoms with Gasteiger partial charge in [0.15, 0.2) is 0 Å². The summed E-state index contributed by atoms with van der Waals surface area (Å²) < 4.78 is 5.46. The maximum atomic E-state index is 12.3. The van der Waals surface area contributed by atoms with Gasteiger partial charge in [-0.1, -0.05) is 0 Å². The van der Waals surface area contributed by atoms with Crippen LogP contribution in [-0.2, 0) is 16.0 Å². The van der Waals surface area contributed by atoms with Gasteiger partial charge in [-0.2, -0.15) is 0 Å². The molecule has 17 heavy (non-hydrogen) atoms. The molecular formula is C13H16N2O2. The van der Waals surface area contributed by atoms with E-state index in [-0.39, 0.29) is 12.0 Å². The Hall–Kier alpha value is -1.42. The molecule has 90 valence electrons. The first-order valence-corrected chi connectivity index (χ1v) is 6.14. The molecule has 1 aromatic rings. The number of hydrogen-bond acceptors (Lipinski definition) is 3. The molecule has 3 heterocycles. The molecule has 0 saturated carbocycles. The van der Waals surface area contributed by atoms with Crippen molar-refractivity contribution < 1.29 is 9.53 Å². The van der Waals surface area contributed by atoms with E-state index in [0.717, 1.165) is 42.8 Å². The zero-order valence-corrected chi connectivity index (χ0v) is 9.98. The monoisotopic (exact) mass is 232 g/mol. The van der Waals surface area contributed by atoms with Gasteiger partial charge in [-0.05, 0) is 31.4 Å². The van der Waals surface area contributed by atoms with Crippen LogP contribution in [0.3, 0.4) is 0 Å². The fourth-order valence-electron chi connectivity index (χ4n) is 2.52. The van der Waals surface area contributed by atoms with Gasteiger partial charge in [0.2, 0.25) is 0 Å². The number of fused-ring (bicyclic) bond motifs is 1. The molecule has 0 spiro atoms. The van der Waals surface area contributed by atoms with Crippen molar-refractivity contribution in [2.24, 2.45) is 0 Å². The summed E-state index contributed by atoms with van der Waals surface area (Å²) in [5.74, 6) is 0.105. The highest BCUT2D eigenvalue weighted by molar-refractivity contribution is 5.98. The SMILES string of the molecule is Cc1cnc2c(c1)N(C(=O)[C@H]1CCCO1)CC2. The van der Waals surface area contributed by atoms with E-state index >= 15 is 0 Å². The second-order valence-electron chi connectivity index (χ2n) is 4.72. The average molecular weight is 232 g/mol. The van der Waals surface area contributed by atoms with Crippen LogP contribution in [0.1, 0.15) is 24.1 Å². The van der Waals surface area contributed by atoms with Crippen molar-refractivity contribution in [2.75, 3.05) is 18.1 Å². The van der Waals surface area contributed by atoms with E-state index in [1.807, 2.05) is 24.1 Å². The highest BCUT2D eigenvalue weighted by Gasteiger charge is 2.33. The Labute approximate surface area is 101 Å². The topological polar surface area (TPSA) is 42.4 Å². The number of nitrogens with zero attached hydrogens (tertiary/aromatic N) is 2. The molecule has 1 fully saturated rings. The lowest BCUT2D eigenvalue weighted by Gasteiger charge is -2.20. The molecule has 0 bridgehead atoms. The molecule has 0 unspecified atom stereocenters. The molecule has 1 aromatic heterocycles. The summed E-state index contributed by atoms with van der Waals surface area (Å²) >= 11 is 0. The van der Waals surface area contributed by atoms with Crippen molar-refractivity contribution in [1.82, 2.24) is 4.98 Å². The maximum absolute atomic E-state index is 12.3. The van der Waals surface area contributed by atoms with Crippen molar-refractivity contribution in [3.8, 4) is 0 Å². The summed E-state index contributed by atoms with van der Waals surface area (Å²) in [7, 11) is 0. The van der Waals surface area contributed by atoms with Crippen molar-refractivity contribution in [3.63, 3.8) is 0 Å². The Morgan fingerprint density at radius 3 is 3.24 bits per heavy atom. The van der Waals surface area contributed by atoms with Crippen molar-refractivity contribution in [1.29, 1.82) is 0 Å². The Bertz CT molecular complexity index is 453. The summed E-state index contributed by atoms with van der Waals surface area (Å²) in [5, 5.41) is 0. The molecule has 0 N–H and O–H groups in total. The summed E-state index contributed by atoms with van der Waals surface area (Å²) in [5.41, 5.74) is 3.10. The number of carbonyl (C=O) groups is 1. The lowest BCUT2D eigenvalue weighted by atomic mass is 10.2. The first-order valence-electron chi connectivity index (χ1n) is 6.14.